The summed E-state index contributed by atoms with van der Waals surface area (Å²) in [6.07, 6.45) is 0. The quantitative estimate of drug-likeness (QED) is 0.158. The van der Waals surface area contributed by atoms with Gasteiger partial charge in [-0.05, 0) is 118 Å². The van der Waals surface area contributed by atoms with E-state index < -0.39 is 327 Å². The molecule has 0 aliphatic heterocycles. The Morgan fingerprint density at radius 3 is 1.19 bits per heavy atom. The van der Waals surface area contributed by atoms with Crippen LogP contribution in [0.25, 0.3) is 116 Å². The smallest absolute Gasteiger partial charge is 0.0652 e. The second-order valence-electron chi connectivity index (χ2n) is 13.9. The molecule has 3 aromatic heterocycles. The average Bonchev–Trinajstić information content (AvgIpc) is 1.52. The zero-order valence-electron chi connectivity index (χ0n) is 66.7. The summed E-state index contributed by atoms with van der Waals surface area (Å²) < 4.78 is 321. The number of para-hydroxylation sites is 4. The third kappa shape index (κ3) is 5.60. The standard InChI is InChI=1S/C60H39N3/c1-3-16-40(17-4-1)42-20-15-21-43(34-42)45-35-44(41-18-5-2-6-19-41)36-48(37-45)63-58-29-14-10-25-52(58)54-39-47(31-33-60(54)63)62-57-28-13-9-24-51(57)53-38-46(30-32-59(53)62)61-55-26-11-7-22-49(55)50-23-8-12-27-56(50)61/h1-39H/i1D,2D,3D,4D,5D,6D,7D,8D,9D,10D,11D,12D,13D,14D,15D,16D,17D,18D,19D,20D,21D,22D,23D,24D,25D,26D,27D,28D,29D,30D,31D,32D,33D,34D,39D. The van der Waals surface area contributed by atoms with E-state index in [9.17, 15) is 15.1 Å². The third-order valence-electron chi connectivity index (χ3n) is 10.5. The van der Waals surface area contributed by atoms with Crippen molar-refractivity contribution in [1.29, 1.82) is 0 Å². The second-order valence-corrected chi connectivity index (χ2v) is 13.9. The maximum Gasteiger partial charge on any atom is 0.0652 e. The van der Waals surface area contributed by atoms with Gasteiger partial charge in [0, 0.05) is 49.4 Å². The summed E-state index contributed by atoms with van der Waals surface area (Å²) in [7, 11) is 0. The number of rotatable bonds is 6. The molecule has 0 atom stereocenters. The number of nitrogens with zero attached hydrogens (tertiary/aromatic N) is 3. The van der Waals surface area contributed by atoms with Crippen LogP contribution >= 0.6 is 0 Å². The Hall–Kier alpha value is -8.40. The Kier molecular flexibility index (Phi) is 3.40. The summed E-state index contributed by atoms with van der Waals surface area (Å²) in [5.74, 6) is 0. The van der Waals surface area contributed by atoms with Crippen LogP contribution in [0.15, 0.2) is 236 Å². The first-order valence-electron chi connectivity index (χ1n) is 36.3. The number of hydrogen-bond acceptors (Lipinski definition) is 0. The molecule has 0 spiro atoms. The van der Waals surface area contributed by atoms with Gasteiger partial charge in [0.25, 0.3) is 0 Å². The van der Waals surface area contributed by atoms with E-state index in [1.54, 1.807) is 0 Å². The molecule has 0 saturated carbocycles. The van der Waals surface area contributed by atoms with Gasteiger partial charge in [0.2, 0.25) is 0 Å². The summed E-state index contributed by atoms with van der Waals surface area (Å²) >= 11 is 0. The predicted molar refractivity (Wildman–Crippen MR) is 266 cm³/mol. The van der Waals surface area contributed by atoms with Crippen LogP contribution in [0.4, 0.5) is 0 Å². The van der Waals surface area contributed by atoms with Gasteiger partial charge in [0.05, 0.1) is 81.1 Å². The van der Waals surface area contributed by atoms with Crippen molar-refractivity contribution in [3.8, 4) is 50.4 Å². The van der Waals surface area contributed by atoms with Crippen molar-refractivity contribution in [1.82, 2.24) is 13.7 Å². The Bertz CT molecular complexity index is 5870. The van der Waals surface area contributed by atoms with Gasteiger partial charge in [-0.25, -0.2) is 0 Å². The molecule has 13 rings (SSSR count). The fourth-order valence-corrected chi connectivity index (χ4v) is 7.87. The largest absolute Gasteiger partial charge is 0.309 e. The molecule has 3 heteroatoms. The molecule has 0 N–H and O–H groups in total. The highest BCUT2D eigenvalue weighted by molar-refractivity contribution is 6.14. The summed E-state index contributed by atoms with van der Waals surface area (Å²) in [5, 5.41) is -2.98. The fraction of sp³-hybridized carbons (Fsp3) is 0. The molecular formula is C60H39N3. The molecule has 294 valence electrons. The van der Waals surface area contributed by atoms with E-state index in [2.05, 4.69) is 0 Å². The molecule has 0 unspecified atom stereocenters. The van der Waals surface area contributed by atoms with E-state index in [4.69, 9.17) is 32.9 Å². The Morgan fingerprint density at radius 1 is 0.222 bits per heavy atom. The van der Waals surface area contributed by atoms with Crippen LogP contribution in [0, 0.1) is 0 Å². The zero-order chi connectivity index (χ0) is 71.9. The van der Waals surface area contributed by atoms with Gasteiger partial charge in [-0.15, -0.1) is 0 Å². The normalized spacial score (nSPS) is 19.6. The lowest BCUT2D eigenvalue weighted by Crippen LogP contribution is -1.97. The molecule has 0 saturated heterocycles. The first kappa shape index (κ1) is 15.2. The van der Waals surface area contributed by atoms with E-state index in [0.29, 0.717) is 0 Å². The number of aromatic nitrogens is 3. The molecule has 0 radical (unpaired) electrons. The summed E-state index contributed by atoms with van der Waals surface area (Å²) in [6, 6.07) is -26.9. The molecule has 0 aliphatic rings. The topological polar surface area (TPSA) is 14.8 Å². The molecule has 0 amide bonds. The summed E-state index contributed by atoms with van der Waals surface area (Å²) in [6.45, 7) is 0. The van der Waals surface area contributed by atoms with Crippen molar-refractivity contribution >= 4 is 65.4 Å². The van der Waals surface area contributed by atoms with E-state index in [0.717, 1.165) is 38.0 Å². The van der Waals surface area contributed by atoms with Crippen molar-refractivity contribution in [2.75, 3.05) is 0 Å². The fourth-order valence-electron chi connectivity index (χ4n) is 7.87. The van der Waals surface area contributed by atoms with Gasteiger partial charge >= 0.3 is 0 Å². The first-order valence-corrected chi connectivity index (χ1v) is 18.8. The molecule has 0 fully saturated rings. The van der Waals surface area contributed by atoms with Crippen LogP contribution in [-0.2, 0) is 0 Å². The van der Waals surface area contributed by atoms with Crippen LogP contribution in [0.3, 0.4) is 0 Å². The number of fused-ring (bicyclic) bond motifs is 9. The monoisotopic (exact) mass is 837 g/mol. The molecule has 13 aromatic rings. The number of benzene rings is 10. The first-order chi connectivity index (χ1) is 45.8. The van der Waals surface area contributed by atoms with Crippen molar-refractivity contribution < 1.29 is 48.0 Å². The van der Waals surface area contributed by atoms with Crippen LogP contribution in [-0.4, -0.2) is 13.7 Å². The highest BCUT2D eigenvalue weighted by atomic mass is 15.0. The van der Waals surface area contributed by atoms with Crippen molar-refractivity contribution in [3.05, 3.63) is 236 Å². The Balaban J connectivity index is 1.21. The van der Waals surface area contributed by atoms with Gasteiger partial charge in [-0.2, -0.15) is 0 Å². The second kappa shape index (κ2) is 14.1. The SMILES string of the molecule is [2H]c1c([2H])c([2H])c(-c2cc(-c3c([2H])c([2H])c([2H])c(-c4c([2H])c([2H])c([2H])c([2H])c4[2H])c3[2H])cc(-n3c4c([2H])c([2H])c([2H])c([2H])c4c4c([2H])c(-n5c6c([2H])c([2H])c(-n7c8c([2H])c([2H])c([2H])c([2H])c8c8c([2H])c([2H])c([2H])c([2H])c87)cc6c6c([2H])c([2H])c([2H])c([2H])c65)c([2H])c([2H])c43)c2)c([2H])c1[2H]. The Morgan fingerprint density at radius 2 is 0.603 bits per heavy atom. The van der Waals surface area contributed by atoms with Gasteiger partial charge in [0.1, 0.15) is 0 Å². The van der Waals surface area contributed by atoms with Crippen molar-refractivity contribution in [3.63, 3.8) is 0 Å². The highest BCUT2D eigenvalue weighted by Gasteiger charge is 2.19. The lowest BCUT2D eigenvalue weighted by molar-refractivity contribution is 1.16. The van der Waals surface area contributed by atoms with Gasteiger partial charge in [-0.1, -0.05) is 151 Å². The minimum atomic E-state index is -1.06. The van der Waals surface area contributed by atoms with E-state index in [-0.39, 0.29) is 0 Å². The van der Waals surface area contributed by atoms with Gasteiger partial charge < -0.3 is 13.7 Å². The molecular weight excluding hydrogens is 763 g/mol. The van der Waals surface area contributed by atoms with Gasteiger partial charge in [-0.3, -0.25) is 0 Å². The lowest BCUT2D eigenvalue weighted by Gasteiger charge is -2.15. The maximum atomic E-state index is 10.4. The van der Waals surface area contributed by atoms with Crippen molar-refractivity contribution in [2.45, 2.75) is 0 Å². The molecule has 3 heterocycles. The van der Waals surface area contributed by atoms with Gasteiger partial charge in [0.15, 0.2) is 0 Å². The van der Waals surface area contributed by atoms with E-state index >= 15 is 0 Å². The molecule has 63 heavy (non-hydrogen) atoms. The number of hydrogen-bond donors (Lipinski definition) is 0. The van der Waals surface area contributed by atoms with Crippen LogP contribution in [0.2, 0.25) is 0 Å². The van der Waals surface area contributed by atoms with Crippen molar-refractivity contribution in [2.24, 2.45) is 0 Å². The minimum absolute atomic E-state index is 0.398. The average molecular weight is 837 g/mol. The summed E-state index contributed by atoms with van der Waals surface area (Å²) in [5.41, 5.74) is -8.89. The predicted octanol–water partition coefficient (Wildman–Crippen LogP) is 16.0. The molecule has 10 aromatic carbocycles. The van der Waals surface area contributed by atoms with Crippen LogP contribution in [0.1, 0.15) is 48.0 Å². The third-order valence-corrected chi connectivity index (χ3v) is 10.5. The lowest BCUT2D eigenvalue weighted by atomic mass is 9.95. The zero-order valence-corrected chi connectivity index (χ0v) is 31.7. The van der Waals surface area contributed by atoms with Crippen LogP contribution in [0.5, 0.6) is 0 Å². The van der Waals surface area contributed by atoms with E-state index in [1.165, 1.54) is 0 Å². The molecule has 0 bridgehead atoms. The van der Waals surface area contributed by atoms with Crippen LogP contribution < -0.4 is 0 Å². The maximum absolute atomic E-state index is 10.4. The van der Waals surface area contributed by atoms with E-state index in [1.807, 2.05) is 0 Å². The minimum Gasteiger partial charge on any atom is -0.309 e. The molecule has 3 nitrogen and oxygen atoms in total. The highest BCUT2D eigenvalue weighted by Crippen LogP contribution is 2.41. The Labute approximate surface area is 413 Å². The molecule has 0 aliphatic carbocycles. The summed E-state index contributed by atoms with van der Waals surface area (Å²) in [4.78, 5) is 0.